The molecule has 0 amide bonds. The third-order valence-electron chi connectivity index (χ3n) is 5.27. The van der Waals surface area contributed by atoms with Gasteiger partial charge in [0.15, 0.2) is 0 Å². The first kappa shape index (κ1) is 14.3. The summed E-state index contributed by atoms with van der Waals surface area (Å²) in [5.41, 5.74) is 0.369. The Morgan fingerprint density at radius 3 is 2.33 bits per heavy atom. The molecule has 1 N–H and O–H groups in total. The van der Waals surface area contributed by atoms with E-state index in [9.17, 15) is 0 Å². The lowest BCUT2D eigenvalue weighted by atomic mass is 9.83. The summed E-state index contributed by atoms with van der Waals surface area (Å²) in [6.45, 7) is 14.3. The Labute approximate surface area is 114 Å². The van der Waals surface area contributed by atoms with Crippen LogP contribution < -0.4 is 5.32 Å². The highest BCUT2D eigenvalue weighted by Gasteiger charge is 2.36. The first-order valence-corrected chi connectivity index (χ1v) is 7.88. The van der Waals surface area contributed by atoms with Crippen LogP contribution in [0.15, 0.2) is 0 Å². The van der Waals surface area contributed by atoms with Gasteiger partial charge in [0.05, 0.1) is 0 Å². The molecule has 2 fully saturated rings. The normalized spacial score (nSPS) is 33.8. The molecule has 18 heavy (non-hydrogen) atoms. The van der Waals surface area contributed by atoms with E-state index in [1.165, 1.54) is 32.2 Å². The molecule has 1 saturated carbocycles. The van der Waals surface area contributed by atoms with Crippen molar-refractivity contribution in [3.63, 3.8) is 0 Å². The fraction of sp³-hybridized carbons (Fsp3) is 1.00. The maximum absolute atomic E-state index is 3.74. The highest BCUT2D eigenvalue weighted by molar-refractivity contribution is 4.94. The summed E-state index contributed by atoms with van der Waals surface area (Å²) < 4.78 is 0. The average Bonchev–Trinajstić information content (AvgIpc) is 2.80. The summed E-state index contributed by atoms with van der Waals surface area (Å²) in [5, 5.41) is 3.74. The molecular formula is C16H32N2. The van der Waals surface area contributed by atoms with Crippen molar-refractivity contribution in [3.8, 4) is 0 Å². The third-order valence-corrected chi connectivity index (χ3v) is 5.27. The van der Waals surface area contributed by atoms with Crippen LogP contribution in [0.5, 0.6) is 0 Å². The first-order valence-electron chi connectivity index (χ1n) is 7.88. The molecule has 1 saturated heterocycles. The lowest BCUT2D eigenvalue weighted by molar-refractivity contribution is 0.0415. The Hall–Kier alpha value is -0.0800. The van der Waals surface area contributed by atoms with Crippen LogP contribution in [0.4, 0.5) is 0 Å². The van der Waals surface area contributed by atoms with E-state index in [-0.39, 0.29) is 0 Å². The van der Waals surface area contributed by atoms with Crippen LogP contribution in [0.1, 0.15) is 60.3 Å². The van der Waals surface area contributed by atoms with Gasteiger partial charge in [0, 0.05) is 31.2 Å². The molecule has 2 rings (SSSR count). The van der Waals surface area contributed by atoms with Crippen molar-refractivity contribution >= 4 is 0 Å². The summed E-state index contributed by atoms with van der Waals surface area (Å²) in [7, 11) is 0. The molecule has 0 aromatic carbocycles. The molecule has 3 unspecified atom stereocenters. The fourth-order valence-electron chi connectivity index (χ4n) is 3.74. The Balaban J connectivity index is 2.00. The van der Waals surface area contributed by atoms with E-state index in [1.54, 1.807) is 0 Å². The molecule has 0 bridgehead atoms. The topological polar surface area (TPSA) is 15.3 Å². The molecule has 2 heteroatoms. The minimum atomic E-state index is 0.369. The van der Waals surface area contributed by atoms with Crippen LogP contribution in [0.3, 0.4) is 0 Å². The average molecular weight is 252 g/mol. The Bertz CT molecular complexity index is 263. The van der Waals surface area contributed by atoms with Crippen LogP contribution in [0.2, 0.25) is 0 Å². The second-order valence-corrected chi connectivity index (χ2v) is 7.66. The molecule has 0 aromatic heterocycles. The van der Waals surface area contributed by atoms with E-state index in [0.29, 0.717) is 17.5 Å². The van der Waals surface area contributed by atoms with E-state index in [0.717, 1.165) is 18.5 Å². The van der Waals surface area contributed by atoms with Gasteiger partial charge in [-0.2, -0.15) is 0 Å². The zero-order valence-electron chi connectivity index (χ0n) is 13.0. The lowest BCUT2D eigenvalue weighted by Crippen LogP contribution is -2.62. The summed E-state index contributed by atoms with van der Waals surface area (Å²) >= 11 is 0. The van der Waals surface area contributed by atoms with Crippen LogP contribution in [-0.2, 0) is 0 Å². The number of hydrogen-bond acceptors (Lipinski definition) is 2. The zero-order valence-corrected chi connectivity index (χ0v) is 13.0. The number of rotatable bonds is 2. The van der Waals surface area contributed by atoms with Gasteiger partial charge in [-0.15, -0.1) is 0 Å². The monoisotopic (exact) mass is 252 g/mol. The van der Waals surface area contributed by atoms with Gasteiger partial charge in [-0.1, -0.05) is 33.6 Å². The van der Waals surface area contributed by atoms with Crippen molar-refractivity contribution < 1.29 is 0 Å². The van der Waals surface area contributed by atoms with E-state index in [1.807, 2.05) is 0 Å². The summed E-state index contributed by atoms with van der Waals surface area (Å²) in [6, 6.07) is 2.10. The maximum atomic E-state index is 3.74. The molecule has 0 radical (unpaired) electrons. The maximum Gasteiger partial charge on any atom is 0.0244 e. The zero-order chi connectivity index (χ0) is 13.3. The third kappa shape index (κ3) is 3.08. The smallest absolute Gasteiger partial charge is 0.0244 e. The van der Waals surface area contributed by atoms with Crippen LogP contribution in [0.25, 0.3) is 0 Å². The number of nitrogens with one attached hydrogen (secondary N) is 1. The molecule has 0 spiro atoms. The van der Waals surface area contributed by atoms with Crippen molar-refractivity contribution in [3.05, 3.63) is 0 Å². The Morgan fingerprint density at radius 2 is 1.78 bits per heavy atom. The van der Waals surface area contributed by atoms with Crippen molar-refractivity contribution in [2.75, 3.05) is 13.1 Å². The number of piperazine rings is 1. The second kappa shape index (κ2) is 5.50. The van der Waals surface area contributed by atoms with Gasteiger partial charge in [0.25, 0.3) is 0 Å². The number of hydrogen-bond donors (Lipinski definition) is 1. The molecule has 3 atom stereocenters. The predicted molar refractivity (Wildman–Crippen MR) is 78.8 cm³/mol. The van der Waals surface area contributed by atoms with Gasteiger partial charge < -0.3 is 5.32 Å². The molecular weight excluding hydrogens is 220 g/mol. The number of nitrogens with zero attached hydrogens (tertiary/aromatic N) is 1. The van der Waals surface area contributed by atoms with Gasteiger partial charge >= 0.3 is 0 Å². The van der Waals surface area contributed by atoms with E-state index in [4.69, 9.17) is 0 Å². The van der Waals surface area contributed by atoms with Crippen LogP contribution in [0, 0.1) is 11.3 Å². The fourth-order valence-corrected chi connectivity index (χ4v) is 3.74. The quantitative estimate of drug-likeness (QED) is 0.811. The Kier molecular flexibility index (Phi) is 4.38. The standard InChI is InChI=1S/C16H32N2/c1-12-10-17-15(16(3,4)5)11-18(12)13(2)14-8-6-7-9-14/h12-15,17H,6-11H2,1-5H3. The van der Waals surface area contributed by atoms with Crippen LogP contribution >= 0.6 is 0 Å². The van der Waals surface area contributed by atoms with Gasteiger partial charge in [-0.25, -0.2) is 0 Å². The molecule has 106 valence electrons. The van der Waals surface area contributed by atoms with Gasteiger partial charge in [-0.3, -0.25) is 4.90 Å². The van der Waals surface area contributed by atoms with E-state index in [2.05, 4.69) is 44.8 Å². The largest absolute Gasteiger partial charge is 0.311 e. The van der Waals surface area contributed by atoms with E-state index >= 15 is 0 Å². The molecule has 2 aliphatic rings. The minimum Gasteiger partial charge on any atom is -0.311 e. The van der Waals surface area contributed by atoms with Crippen molar-refractivity contribution in [1.82, 2.24) is 10.2 Å². The minimum absolute atomic E-state index is 0.369. The highest BCUT2D eigenvalue weighted by atomic mass is 15.3. The highest BCUT2D eigenvalue weighted by Crippen LogP contribution is 2.33. The summed E-state index contributed by atoms with van der Waals surface area (Å²) in [6.07, 6.45) is 5.83. The molecule has 1 heterocycles. The van der Waals surface area contributed by atoms with Gasteiger partial charge in [0.2, 0.25) is 0 Å². The van der Waals surface area contributed by atoms with Gasteiger partial charge in [-0.05, 0) is 38.0 Å². The first-order chi connectivity index (χ1) is 8.39. The van der Waals surface area contributed by atoms with Crippen LogP contribution in [-0.4, -0.2) is 36.1 Å². The molecule has 2 nitrogen and oxygen atoms in total. The van der Waals surface area contributed by atoms with E-state index < -0.39 is 0 Å². The molecule has 1 aliphatic heterocycles. The summed E-state index contributed by atoms with van der Waals surface area (Å²) in [4.78, 5) is 2.78. The lowest BCUT2D eigenvalue weighted by Gasteiger charge is -2.47. The second-order valence-electron chi connectivity index (χ2n) is 7.66. The summed E-state index contributed by atoms with van der Waals surface area (Å²) in [5.74, 6) is 0.950. The van der Waals surface area contributed by atoms with Crippen molar-refractivity contribution in [2.45, 2.75) is 78.4 Å². The predicted octanol–water partition coefficient (Wildman–Crippen LogP) is 3.27. The SMILES string of the molecule is CC1CNC(C(C)(C)C)CN1C(C)C1CCCC1. The molecule has 1 aliphatic carbocycles. The van der Waals surface area contributed by atoms with Crippen molar-refractivity contribution in [1.29, 1.82) is 0 Å². The van der Waals surface area contributed by atoms with Crippen molar-refractivity contribution in [2.24, 2.45) is 11.3 Å². The van der Waals surface area contributed by atoms with Gasteiger partial charge in [0.1, 0.15) is 0 Å². The Morgan fingerprint density at radius 1 is 1.17 bits per heavy atom. The molecule has 0 aromatic rings.